The lowest BCUT2D eigenvalue weighted by Crippen LogP contribution is -2.46. The predicted octanol–water partition coefficient (Wildman–Crippen LogP) is 2.71. The number of halogens is 1. The van der Waals surface area contributed by atoms with Crippen molar-refractivity contribution >= 4 is 11.7 Å². The van der Waals surface area contributed by atoms with Gasteiger partial charge in [-0.25, -0.2) is 9.18 Å². The van der Waals surface area contributed by atoms with Gasteiger partial charge in [0.1, 0.15) is 5.82 Å². The smallest absolute Gasteiger partial charge is 0.319 e. The third-order valence-electron chi connectivity index (χ3n) is 2.91. The van der Waals surface area contributed by atoms with Gasteiger partial charge in [-0.05, 0) is 42.6 Å². The Labute approximate surface area is 113 Å². The van der Waals surface area contributed by atoms with E-state index in [0.717, 1.165) is 0 Å². The van der Waals surface area contributed by atoms with E-state index in [-0.39, 0.29) is 23.3 Å². The second kappa shape index (κ2) is 6.52. The normalized spacial score (nSPS) is 12.9. The maximum atomic E-state index is 12.7. The van der Waals surface area contributed by atoms with Crippen LogP contribution in [0.25, 0.3) is 0 Å². The van der Waals surface area contributed by atoms with E-state index >= 15 is 0 Å². The molecule has 1 atom stereocenters. The molecule has 0 saturated heterocycles. The number of benzene rings is 1. The molecule has 19 heavy (non-hydrogen) atoms. The first-order valence-corrected chi connectivity index (χ1v) is 6.36. The van der Waals surface area contributed by atoms with E-state index in [9.17, 15) is 9.18 Å². The highest BCUT2D eigenvalue weighted by atomic mass is 19.1. The van der Waals surface area contributed by atoms with Gasteiger partial charge >= 0.3 is 6.03 Å². The molecule has 4 N–H and O–H groups in total. The Hall–Kier alpha value is -1.62. The minimum atomic E-state index is -0.332. The summed E-state index contributed by atoms with van der Waals surface area (Å²) in [5.41, 5.74) is 6.04. The summed E-state index contributed by atoms with van der Waals surface area (Å²) in [5, 5.41) is 5.57. The molecule has 0 aliphatic carbocycles. The maximum absolute atomic E-state index is 12.7. The van der Waals surface area contributed by atoms with Crippen molar-refractivity contribution in [2.45, 2.75) is 33.2 Å². The van der Waals surface area contributed by atoms with Crippen molar-refractivity contribution < 1.29 is 9.18 Å². The van der Waals surface area contributed by atoms with E-state index < -0.39 is 0 Å². The number of urea groups is 1. The van der Waals surface area contributed by atoms with Gasteiger partial charge in [0.2, 0.25) is 0 Å². The standard InChI is InChI=1S/C14H22FN3O/c1-14(2,3)12(8-9-16)18-13(19)17-11-6-4-10(15)5-7-11/h4-7,12H,8-9,16H2,1-3H3,(H2,17,18,19). The Kier molecular flexibility index (Phi) is 5.30. The van der Waals surface area contributed by atoms with Crippen molar-refractivity contribution in [3.05, 3.63) is 30.1 Å². The highest BCUT2D eigenvalue weighted by molar-refractivity contribution is 5.89. The summed E-state index contributed by atoms with van der Waals surface area (Å²) in [6.45, 7) is 6.65. The van der Waals surface area contributed by atoms with Crippen molar-refractivity contribution in [2.24, 2.45) is 11.1 Å². The van der Waals surface area contributed by atoms with Crippen molar-refractivity contribution in [2.75, 3.05) is 11.9 Å². The van der Waals surface area contributed by atoms with Crippen LogP contribution in [0.15, 0.2) is 24.3 Å². The fourth-order valence-electron chi connectivity index (χ4n) is 1.75. The van der Waals surface area contributed by atoms with Gasteiger partial charge in [-0.3, -0.25) is 0 Å². The van der Waals surface area contributed by atoms with Crippen LogP contribution in [0.4, 0.5) is 14.9 Å². The summed E-state index contributed by atoms with van der Waals surface area (Å²) in [7, 11) is 0. The number of carbonyl (C=O) groups excluding carboxylic acids is 1. The highest BCUT2D eigenvalue weighted by Crippen LogP contribution is 2.21. The number of rotatable bonds is 4. The van der Waals surface area contributed by atoms with Crippen LogP contribution in [0.5, 0.6) is 0 Å². The molecule has 5 heteroatoms. The summed E-state index contributed by atoms with van der Waals surface area (Å²) in [5.74, 6) is -0.332. The zero-order valence-corrected chi connectivity index (χ0v) is 11.7. The van der Waals surface area contributed by atoms with Gasteiger partial charge in [0.15, 0.2) is 0 Å². The Morgan fingerprint density at radius 3 is 2.37 bits per heavy atom. The SMILES string of the molecule is CC(C)(C)C(CCN)NC(=O)Nc1ccc(F)cc1. The van der Waals surface area contributed by atoms with Crippen LogP contribution in [-0.4, -0.2) is 18.6 Å². The van der Waals surface area contributed by atoms with Gasteiger partial charge in [0.05, 0.1) is 0 Å². The van der Waals surface area contributed by atoms with Gasteiger partial charge in [0, 0.05) is 11.7 Å². The second-order valence-corrected chi connectivity index (χ2v) is 5.60. The molecule has 1 aromatic carbocycles. The topological polar surface area (TPSA) is 67.1 Å². The molecule has 0 saturated carbocycles. The highest BCUT2D eigenvalue weighted by Gasteiger charge is 2.25. The van der Waals surface area contributed by atoms with E-state index in [2.05, 4.69) is 10.6 Å². The van der Waals surface area contributed by atoms with Crippen LogP contribution in [0, 0.1) is 11.2 Å². The number of nitrogens with two attached hydrogens (primary N) is 1. The second-order valence-electron chi connectivity index (χ2n) is 5.60. The average molecular weight is 267 g/mol. The minimum Gasteiger partial charge on any atom is -0.335 e. The maximum Gasteiger partial charge on any atom is 0.319 e. The molecule has 1 unspecified atom stereocenters. The Bertz CT molecular complexity index is 412. The summed E-state index contributed by atoms with van der Waals surface area (Å²) in [4.78, 5) is 11.9. The number of carbonyl (C=O) groups is 1. The molecule has 0 spiro atoms. The lowest BCUT2D eigenvalue weighted by atomic mass is 9.85. The molecule has 1 aromatic rings. The molecule has 0 aliphatic rings. The van der Waals surface area contributed by atoms with E-state index in [1.165, 1.54) is 24.3 Å². The third-order valence-corrected chi connectivity index (χ3v) is 2.91. The molecule has 0 fully saturated rings. The summed E-state index contributed by atoms with van der Waals surface area (Å²) < 4.78 is 12.7. The number of hydrogen-bond acceptors (Lipinski definition) is 2. The van der Waals surface area contributed by atoms with Crippen molar-refractivity contribution in [3.63, 3.8) is 0 Å². The lowest BCUT2D eigenvalue weighted by molar-refractivity contribution is 0.225. The number of nitrogens with one attached hydrogen (secondary N) is 2. The first-order valence-electron chi connectivity index (χ1n) is 6.36. The average Bonchev–Trinajstić information content (AvgIpc) is 2.30. The summed E-state index contributed by atoms with van der Waals surface area (Å²) >= 11 is 0. The zero-order valence-electron chi connectivity index (χ0n) is 11.7. The fourth-order valence-corrected chi connectivity index (χ4v) is 1.75. The van der Waals surface area contributed by atoms with Gasteiger partial charge in [-0.2, -0.15) is 0 Å². The molecule has 0 bridgehead atoms. The van der Waals surface area contributed by atoms with Crippen molar-refractivity contribution in [1.82, 2.24) is 5.32 Å². The van der Waals surface area contributed by atoms with Crippen LogP contribution >= 0.6 is 0 Å². The molecule has 0 aliphatic heterocycles. The summed E-state index contributed by atoms with van der Waals surface area (Å²) in [6.07, 6.45) is 0.709. The quantitative estimate of drug-likeness (QED) is 0.785. The van der Waals surface area contributed by atoms with Gasteiger partial charge < -0.3 is 16.4 Å². The third kappa shape index (κ3) is 5.26. The Morgan fingerprint density at radius 1 is 1.32 bits per heavy atom. The summed E-state index contributed by atoms with van der Waals surface area (Å²) in [6, 6.07) is 5.32. The number of anilines is 1. The Morgan fingerprint density at radius 2 is 1.89 bits per heavy atom. The van der Waals surface area contributed by atoms with Gasteiger partial charge in [-0.1, -0.05) is 20.8 Å². The lowest BCUT2D eigenvalue weighted by Gasteiger charge is -2.31. The zero-order chi connectivity index (χ0) is 14.5. The first kappa shape index (κ1) is 15.4. The van der Waals surface area contributed by atoms with Crippen molar-refractivity contribution in [3.8, 4) is 0 Å². The molecule has 0 aromatic heterocycles. The van der Waals surface area contributed by atoms with E-state index in [1.807, 2.05) is 20.8 Å². The van der Waals surface area contributed by atoms with E-state index in [0.29, 0.717) is 18.7 Å². The monoisotopic (exact) mass is 267 g/mol. The molecular weight excluding hydrogens is 245 g/mol. The molecule has 4 nitrogen and oxygen atoms in total. The van der Waals surface area contributed by atoms with Crippen molar-refractivity contribution in [1.29, 1.82) is 0 Å². The number of amides is 2. The first-order chi connectivity index (χ1) is 8.82. The van der Waals surface area contributed by atoms with Crippen LogP contribution in [-0.2, 0) is 0 Å². The van der Waals surface area contributed by atoms with Crippen LogP contribution in [0.3, 0.4) is 0 Å². The molecule has 0 radical (unpaired) electrons. The predicted molar refractivity (Wildman–Crippen MR) is 75.5 cm³/mol. The minimum absolute atomic E-state index is 0.0158. The van der Waals surface area contributed by atoms with Crippen LogP contribution < -0.4 is 16.4 Å². The Balaban J connectivity index is 2.60. The fraction of sp³-hybridized carbons (Fsp3) is 0.500. The largest absolute Gasteiger partial charge is 0.335 e. The molecule has 106 valence electrons. The molecular formula is C14H22FN3O. The van der Waals surface area contributed by atoms with Crippen LogP contribution in [0.2, 0.25) is 0 Å². The van der Waals surface area contributed by atoms with E-state index in [4.69, 9.17) is 5.73 Å². The van der Waals surface area contributed by atoms with E-state index in [1.54, 1.807) is 0 Å². The molecule has 2 amide bonds. The molecule has 1 rings (SSSR count). The van der Waals surface area contributed by atoms with Crippen LogP contribution in [0.1, 0.15) is 27.2 Å². The number of hydrogen-bond donors (Lipinski definition) is 3. The van der Waals surface area contributed by atoms with Gasteiger partial charge in [0.25, 0.3) is 0 Å². The van der Waals surface area contributed by atoms with Gasteiger partial charge in [-0.15, -0.1) is 0 Å². The molecule has 0 heterocycles.